The van der Waals surface area contributed by atoms with Gasteiger partial charge in [-0.05, 0) is 37.0 Å². The summed E-state index contributed by atoms with van der Waals surface area (Å²) in [6.07, 6.45) is 14.9. The van der Waals surface area contributed by atoms with Crippen LogP contribution in [0.1, 0.15) is 70.8 Å². The molecule has 0 saturated carbocycles. The Hall–Kier alpha value is -1.90. The van der Waals surface area contributed by atoms with Gasteiger partial charge < -0.3 is 4.74 Å². The van der Waals surface area contributed by atoms with Gasteiger partial charge >= 0.3 is 0 Å². The van der Waals surface area contributed by atoms with Gasteiger partial charge in [0.1, 0.15) is 5.75 Å². The molecule has 3 nitrogen and oxygen atoms in total. The molecule has 0 spiro atoms. The average molecular weight is 341 g/mol. The van der Waals surface area contributed by atoms with Gasteiger partial charge in [-0.1, -0.05) is 64.5 Å². The van der Waals surface area contributed by atoms with Crippen molar-refractivity contribution < 1.29 is 4.74 Å². The quantitative estimate of drug-likeness (QED) is 0.430. The first kappa shape index (κ1) is 19.4. The molecule has 3 heteroatoms. The van der Waals surface area contributed by atoms with Crippen LogP contribution >= 0.6 is 0 Å². The number of hydrogen-bond donors (Lipinski definition) is 0. The number of aromatic nitrogens is 2. The molecular formula is C22H32N2O. The molecular weight excluding hydrogens is 308 g/mol. The Labute approximate surface area is 152 Å². The second-order valence-corrected chi connectivity index (χ2v) is 6.63. The number of aryl methyl sites for hydroxylation is 1. The molecule has 0 aliphatic carbocycles. The SMILES string of the molecule is CCCCCCOc1ccccc1-c1ncc(CCCCCC)cn1. The van der Waals surface area contributed by atoms with Gasteiger partial charge in [0.05, 0.1) is 12.2 Å². The van der Waals surface area contributed by atoms with E-state index in [4.69, 9.17) is 4.74 Å². The van der Waals surface area contributed by atoms with Crippen molar-refractivity contribution in [3.05, 3.63) is 42.2 Å². The number of para-hydroxylation sites is 1. The van der Waals surface area contributed by atoms with E-state index in [2.05, 4.69) is 23.8 Å². The number of nitrogens with zero attached hydrogens (tertiary/aromatic N) is 2. The number of hydrogen-bond acceptors (Lipinski definition) is 3. The Kier molecular flexibility index (Phi) is 9.03. The molecule has 1 aromatic carbocycles. The van der Waals surface area contributed by atoms with Crippen LogP contribution < -0.4 is 4.74 Å². The molecule has 2 rings (SSSR count). The number of ether oxygens (including phenoxy) is 1. The largest absolute Gasteiger partial charge is 0.493 e. The van der Waals surface area contributed by atoms with Crippen LogP contribution in [0.3, 0.4) is 0 Å². The van der Waals surface area contributed by atoms with Crippen molar-refractivity contribution in [3.63, 3.8) is 0 Å². The highest BCUT2D eigenvalue weighted by Gasteiger charge is 2.08. The van der Waals surface area contributed by atoms with Crippen LogP contribution in [-0.2, 0) is 6.42 Å². The van der Waals surface area contributed by atoms with E-state index in [-0.39, 0.29) is 0 Å². The Balaban J connectivity index is 1.93. The maximum Gasteiger partial charge on any atom is 0.162 e. The van der Waals surface area contributed by atoms with Gasteiger partial charge in [0, 0.05) is 12.4 Å². The average Bonchev–Trinajstić information content (AvgIpc) is 2.66. The van der Waals surface area contributed by atoms with E-state index in [1.165, 1.54) is 50.5 Å². The van der Waals surface area contributed by atoms with E-state index in [0.29, 0.717) is 0 Å². The van der Waals surface area contributed by atoms with Crippen molar-refractivity contribution in [1.82, 2.24) is 9.97 Å². The fourth-order valence-electron chi connectivity index (χ4n) is 2.87. The van der Waals surface area contributed by atoms with Gasteiger partial charge in [-0.15, -0.1) is 0 Å². The summed E-state index contributed by atoms with van der Waals surface area (Å²) in [6, 6.07) is 8.07. The molecule has 0 radical (unpaired) electrons. The van der Waals surface area contributed by atoms with Gasteiger partial charge in [-0.25, -0.2) is 9.97 Å². The zero-order valence-corrected chi connectivity index (χ0v) is 15.8. The summed E-state index contributed by atoms with van der Waals surface area (Å²) >= 11 is 0. The fraction of sp³-hybridized carbons (Fsp3) is 0.545. The zero-order chi connectivity index (χ0) is 17.7. The molecule has 0 fully saturated rings. The maximum absolute atomic E-state index is 5.98. The highest BCUT2D eigenvalue weighted by molar-refractivity contribution is 5.63. The monoisotopic (exact) mass is 340 g/mol. The molecule has 0 atom stereocenters. The van der Waals surface area contributed by atoms with Crippen LogP contribution in [-0.4, -0.2) is 16.6 Å². The smallest absolute Gasteiger partial charge is 0.162 e. The molecule has 136 valence electrons. The summed E-state index contributed by atoms with van der Waals surface area (Å²) in [5, 5.41) is 0. The molecule has 2 aromatic rings. The summed E-state index contributed by atoms with van der Waals surface area (Å²) in [4.78, 5) is 9.15. The number of rotatable bonds is 12. The van der Waals surface area contributed by atoms with E-state index in [0.717, 1.165) is 36.6 Å². The first-order valence-corrected chi connectivity index (χ1v) is 9.88. The third-order valence-corrected chi connectivity index (χ3v) is 4.41. The van der Waals surface area contributed by atoms with Crippen molar-refractivity contribution >= 4 is 0 Å². The molecule has 0 unspecified atom stereocenters. The van der Waals surface area contributed by atoms with Gasteiger partial charge in [0.2, 0.25) is 0 Å². The molecule has 0 aliphatic rings. The minimum atomic E-state index is 0.751. The number of unbranched alkanes of at least 4 members (excludes halogenated alkanes) is 6. The lowest BCUT2D eigenvalue weighted by Gasteiger charge is -2.11. The maximum atomic E-state index is 5.98. The third kappa shape index (κ3) is 6.85. The van der Waals surface area contributed by atoms with Crippen molar-refractivity contribution in [2.24, 2.45) is 0 Å². The van der Waals surface area contributed by atoms with Crippen molar-refractivity contribution in [2.45, 2.75) is 71.6 Å². The third-order valence-electron chi connectivity index (χ3n) is 4.41. The molecule has 0 saturated heterocycles. The molecule has 0 bridgehead atoms. The first-order chi connectivity index (χ1) is 12.3. The van der Waals surface area contributed by atoms with Crippen LogP contribution in [0.2, 0.25) is 0 Å². The predicted molar refractivity (Wildman–Crippen MR) is 105 cm³/mol. The van der Waals surface area contributed by atoms with Gasteiger partial charge in [0.25, 0.3) is 0 Å². The second kappa shape index (κ2) is 11.6. The predicted octanol–water partition coefficient (Wildman–Crippen LogP) is 6.23. The zero-order valence-electron chi connectivity index (χ0n) is 15.8. The van der Waals surface area contributed by atoms with E-state index in [9.17, 15) is 0 Å². The van der Waals surface area contributed by atoms with Crippen LogP contribution in [0.15, 0.2) is 36.7 Å². The van der Waals surface area contributed by atoms with E-state index < -0.39 is 0 Å². The van der Waals surface area contributed by atoms with E-state index in [1.807, 2.05) is 36.7 Å². The summed E-state index contributed by atoms with van der Waals surface area (Å²) < 4.78 is 5.98. The molecule has 0 N–H and O–H groups in total. The Morgan fingerprint density at radius 1 is 0.800 bits per heavy atom. The Bertz CT molecular complexity index is 595. The summed E-state index contributed by atoms with van der Waals surface area (Å²) in [7, 11) is 0. The van der Waals surface area contributed by atoms with Crippen LogP contribution in [0, 0.1) is 0 Å². The van der Waals surface area contributed by atoms with Gasteiger partial charge in [-0.3, -0.25) is 0 Å². The standard InChI is InChI=1S/C22H32N2O/c1-3-5-7-9-13-19-17-23-22(24-18-19)20-14-10-11-15-21(20)25-16-12-8-6-4-2/h10-11,14-15,17-18H,3-9,12-13,16H2,1-2H3. The molecule has 1 heterocycles. The highest BCUT2D eigenvalue weighted by Crippen LogP contribution is 2.27. The van der Waals surface area contributed by atoms with Gasteiger partial charge in [-0.2, -0.15) is 0 Å². The lowest BCUT2D eigenvalue weighted by Crippen LogP contribution is -2.00. The minimum absolute atomic E-state index is 0.751. The van der Waals surface area contributed by atoms with Crippen LogP contribution in [0.4, 0.5) is 0 Å². The summed E-state index contributed by atoms with van der Waals surface area (Å²) in [5.74, 6) is 1.64. The fourth-order valence-corrected chi connectivity index (χ4v) is 2.87. The topological polar surface area (TPSA) is 35.0 Å². The van der Waals surface area contributed by atoms with E-state index >= 15 is 0 Å². The second-order valence-electron chi connectivity index (χ2n) is 6.63. The molecule has 1 aromatic heterocycles. The summed E-state index contributed by atoms with van der Waals surface area (Å²) in [6.45, 7) is 5.22. The van der Waals surface area contributed by atoms with Crippen molar-refractivity contribution in [1.29, 1.82) is 0 Å². The number of benzene rings is 1. The van der Waals surface area contributed by atoms with Crippen molar-refractivity contribution in [2.75, 3.05) is 6.61 Å². The molecule has 0 aliphatic heterocycles. The van der Waals surface area contributed by atoms with Crippen LogP contribution in [0.25, 0.3) is 11.4 Å². The normalized spacial score (nSPS) is 10.8. The Morgan fingerprint density at radius 2 is 1.48 bits per heavy atom. The summed E-state index contributed by atoms with van der Waals surface area (Å²) in [5.41, 5.74) is 2.20. The Morgan fingerprint density at radius 3 is 2.20 bits per heavy atom. The van der Waals surface area contributed by atoms with Gasteiger partial charge in [0.15, 0.2) is 5.82 Å². The van der Waals surface area contributed by atoms with Crippen LogP contribution in [0.5, 0.6) is 5.75 Å². The molecule has 0 amide bonds. The lowest BCUT2D eigenvalue weighted by molar-refractivity contribution is 0.306. The minimum Gasteiger partial charge on any atom is -0.493 e. The van der Waals surface area contributed by atoms with Crippen molar-refractivity contribution in [3.8, 4) is 17.1 Å². The lowest BCUT2D eigenvalue weighted by atomic mass is 10.1. The highest BCUT2D eigenvalue weighted by atomic mass is 16.5. The first-order valence-electron chi connectivity index (χ1n) is 9.88. The van der Waals surface area contributed by atoms with E-state index in [1.54, 1.807) is 0 Å². The molecule has 25 heavy (non-hydrogen) atoms.